The number of hydrogen-bond acceptors (Lipinski definition) is 1. The summed E-state index contributed by atoms with van der Waals surface area (Å²) in [5.41, 5.74) is 25.6. The number of nitrogens with zero attached hydrogens (tertiary/aromatic N) is 1. The average molecular weight is 876 g/mol. The molecule has 13 rings (SSSR count). The van der Waals surface area contributed by atoms with Gasteiger partial charge in [0.1, 0.15) is 0 Å². The van der Waals surface area contributed by atoms with Gasteiger partial charge in [-0.2, -0.15) is 0 Å². The number of benzene rings is 9. The molecule has 0 bridgehead atoms. The molecule has 4 aliphatic rings. The van der Waals surface area contributed by atoms with Gasteiger partial charge < -0.3 is 4.90 Å². The highest BCUT2D eigenvalue weighted by Gasteiger charge is 2.46. The first-order chi connectivity index (χ1) is 33.2. The highest BCUT2D eigenvalue weighted by Crippen LogP contribution is 2.59. The van der Waals surface area contributed by atoms with Gasteiger partial charge in [-0.25, -0.2) is 0 Å². The van der Waals surface area contributed by atoms with Crippen LogP contribution in [0.5, 0.6) is 0 Å². The van der Waals surface area contributed by atoms with Gasteiger partial charge in [0.05, 0.1) is 5.41 Å². The molecule has 0 amide bonds. The maximum Gasteiger partial charge on any atom is 0.0714 e. The zero-order valence-electron chi connectivity index (χ0n) is 39.7. The molecule has 68 heavy (non-hydrogen) atoms. The summed E-state index contributed by atoms with van der Waals surface area (Å²) in [4.78, 5) is 2.53. The van der Waals surface area contributed by atoms with E-state index in [9.17, 15) is 0 Å². The zero-order valence-corrected chi connectivity index (χ0v) is 39.7. The number of rotatable bonds is 7. The van der Waals surface area contributed by atoms with Crippen LogP contribution in [0.1, 0.15) is 116 Å². The summed E-state index contributed by atoms with van der Waals surface area (Å²) in [7, 11) is 0. The zero-order chi connectivity index (χ0) is 45.8. The fourth-order valence-corrected chi connectivity index (χ4v) is 13.4. The van der Waals surface area contributed by atoms with Crippen LogP contribution in [-0.2, 0) is 16.2 Å². The smallest absolute Gasteiger partial charge is 0.0714 e. The van der Waals surface area contributed by atoms with Gasteiger partial charge in [0.2, 0.25) is 0 Å². The highest BCUT2D eigenvalue weighted by atomic mass is 15.1. The lowest BCUT2D eigenvalue weighted by molar-refractivity contribution is 0.443. The molecule has 0 atom stereocenters. The number of hydrogen-bond donors (Lipinski definition) is 0. The van der Waals surface area contributed by atoms with E-state index in [4.69, 9.17) is 0 Å². The van der Waals surface area contributed by atoms with E-state index in [1.807, 2.05) is 0 Å². The third-order valence-corrected chi connectivity index (χ3v) is 16.8. The molecule has 9 aromatic carbocycles. The van der Waals surface area contributed by atoms with E-state index in [0.717, 1.165) is 5.69 Å². The van der Waals surface area contributed by atoms with Gasteiger partial charge in [-0.05, 0) is 156 Å². The van der Waals surface area contributed by atoms with Crippen LogP contribution in [0.4, 0.5) is 17.1 Å². The third kappa shape index (κ3) is 5.94. The molecule has 0 heterocycles. The summed E-state index contributed by atoms with van der Waals surface area (Å²) < 4.78 is 0. The Labute approximate surface area is 402 Å². The monoisotopic (exact) mass is 875 g/mol. The Bertz CT molecular complexity index is 3380. The van der Waals surface area contributed by atoms with Crippen LogP contribution >= 0.6 is 0 Å². The van der Waals surface area contributed by atoms with Crippen LogP contribution in [0.2, 0.25) is 0 Å². The summed E-state index contributed by atoms with van der Waals surface area (Å²) in [6, 6.07) is 78.9. The quantitative estimate of drug-likeness (QED) is 0.154. The van der Waals surface area contributed by atoms with Crippen LogP contribution in [0, 0.1) is 0 Å². The van der Waals surface area contributed by atoms with Gasteiger partial charge in [-0.1, -0.05) is 211 Å². The second-order valence-corrected chi connectivity index (χ2v) is 21.0. The molecule has 0 aliphatic heterocycles. The van der Waals surface area contributed by atoms with Crippen LogP contribution in [0.25, 0.3) is 44.5 Å². The van der Waals surface area contributed by atoms with Crippen molar-refractivity contribution in [1.29, 1.82) is 0 Å². The van der Waals surface area contributed by atoms with E-state index in [2.05, 4.69) is 239 Å². The number of fused-ring (bicyclic) bond motifs is 9. The van der Waals surface area contributed by atoms with Gasteiger partial charge in [-0.3, -0.25) is 0 Å². The molecule has 1 saturated carbocycles. The first-order valence-electron chi connectivity index (χ1n) is 25.0. The van der Waals surface area contributed by atoms with Crippen molar-refractivity contribution in [3.63, 3.8) is 0 Å². The second kappa shape index (κ2) is 15.4. The molecule has 0 unspecified atom stereocenters. The topological polar surface area (TPSA) is 3.24 Å². The van der Waals surface area contributed by atoms with Crippen LogP contribution in [-0.4, -0.2) is 0 Å². The Morgan fingerprint density at radius 3 is 1.56 bits per heavy atom. The van der Waals surface area contributed by atoms with Crippen molar-refractivity contribution < 1.29 is 0 Å². The Morgan fingerprint density at radius 1 is 0.353 bits per heavy atom. The molecule has 1 fully saturated rings. The van der Waals surface area contributed by atoms with Crippen molar-refractivity contribution in [2.45, 2.75) is 82.0 Å². The fourth-order valence-electron chi connectivity index (χ4n) is 13.4. The second-order valence-electron chi connectivity index (χ2n) is 21.0. The van der Waals surface area contributed by atoms with Crippen LogP contribution in [0.15, 0.2) is 206 Å². The van der Waals surface area contributed by atoms with Crippen molar-refractivity contribution in [3.8, 4) is 44.5 Å². The maximum absolute atomic E-state index is 2.53. The van der Waals surface area contributed by atoms with E-state index < -0.39 is 5.41 Å². The van der Waals surface area contributed by atoms with Gasteiger partial charge in [0.15, 0.2) is 0 Å². The predicted octanol–water partition coefficient (Wildman–Crippen LogP) is 17.8. The van der Waals surface area contributed by atoms with E-state index in [-0.39, 0.29) is 10.8 Å². The lowest BCUT2D eigenvalue weighted by Crippen LogP contribution is -2.28. The van der Waals surface area contributed by atoms with Gasteiger partial charge in [0, 0.05) is 27.9 Å². The molecule has 0 aromatic heterocycles. The molecule has 1 heteroatoms. The summed E-state index contributed by atoms with van der Waals surface area (Å²) in [6.07, 6.45) is 6.59. The van der Waals surface area contributed by atoms with Gasteiger partial charge >= 0.3 is 0 Å². The molecular weight excluding hydrogens is 819 g/mol. The van der Waals surface area contributed by atoms with Crippen LogP contribution in [0.3, 0.4) is 0 Å². The summed E-state index contributed by atoms with van der Waals surface area (Å²) in [5, 5.41) is 0. The van der Waals surface area contributed by atoms with Crippen LogP contribution < -0.4 is 4.90 Å². The standard InChI is InChI=1S/C67H57N/c1-65(2)58-28-16-15-26-56(58)64-52(27-18-30-61(64)65)46-33-40-59-57(41-46)55-39-37-50(42-62(55)66(59,3)4)68(49-34-31-45(32-35-49)44-19-8-5-9-20-44)51-36-38-54-53-25-14-17-29-60(53)67(63(54)43-51,47-21-10-6-11-22-47)48-23-12-7-13-24-48/h6-7,10-18,21-44H,5,8-9,19-20H2,1-4H3. The van der Waals surface area contributed by atoms with Crippen molar-refractivity contribution >= 4 is 17.1 Å². The highest BCUT2D eigenvalue weighted by molar-refractivity contribution is 5.96. The summed E-state index contributed by atoms with van der Waals surface area (Å²) in [6.45, 7) is 9.59. The average Bonchev–Trinajstić information content (AvgIpc) is 3.91. The molecule has 0 spiro atoms. The molecule has 9 aromatic rings. The van der Waals surface area contributed by atoms with Crippen molar-refractivity contribution in [2.75, 3.05) is 4.90 Å². The molecule has 0 N–H and O–H groups in total. The minimum absolute atomic E-state index is 0.0425. The summed E-state index contributed by atoms with van der Waals surface area (Å²) in [5.74, 6) is 0.643. The Kier molecular flexibility index (Phi) is 9.29. The maximum atomic E-state index is 2.53. The lowest BCUT2D eigenvalue weighted by Gasteiger charge is -2.35. The minimum Gasteiger partial charge on any atom is -0.310 e. The normalized spacial score (nSPS) is 16.5. The molecule has 4 aliphatic carbocycles. The third-order valence-electron chi connectivity index (χ3n) is 16.8. The lowest BCUT2D eigenvalue weighted by atomic mass is 9.67. The Morgan fingerprint density at radius 2 is 0.868 bits per heavy atom. The van der Waals surface area contributed by atoms with E-state index >= 15 is 0 Å². The van der Waals surface area contributed by atoms with Gasteiger partial charge in [0.25, 0.3) is 0 Å². The van der Waals surface area contributed by atoms with Crippen molar-refractivity contribution in [2.24, 2.45) is 0 Å². The van der Waals surface area contributed by atoms with Crippen molar-refractivity contribution in [3.05, 3.63) is 256 Å². The largest absolute Gasteiger partial charge is 0.310 e. The van der Waals surface area contributed by atoms with Crippen molar-refractivity contribution in [1.82, 2.24) is 0 Å². The SMILES string of the molecule is CC1(C)c2ccc(-c3cccc4c3-c3ccccc3C4(C)C)cc2-c2ccc(N(c3ccc(C4CCCCC4)cc3)c3ccc4c(c3)C(c3ccccc3)(c3ccccc3)c3ccccc3-4)cc21. The van der Waals surface area contributed by atoms with E-state index in [0.29, 0.717) is 5.92 Å². The first kappa shape index (κ1) is 41.0. The van der Waals surface area contributed by atoms with E-state index in [1.165, 1.54) is 138 Å². The molecular formula is C67H57N. The van der Waals surface area contributed by atoms with E-state index in [1.54, 1.807) is 0 Å². The first-order valence-corrected chi connectivity index (χ1v) is 25.0. The van der Waals surface area contributed by atoms with Gasteiger partial charge in [-0.15, -0.1) is 0 Å². The predicted molar refractivity (Wildman–Crippen MR) is 285 cm³/mol. The molecule has 0 saturated heterocycles. The molecule has 1 nitrogen and oxygen atoms in total. The summed E-state index contributed by atoms with van der Waals surface area (Å²) >= 11 is 0. The molecule has 330 valence electrons. The number of anilines is 3. The Hall–Kier alpha value is -7.22. The molecule has 0 radical (unpaired) electrons. The minimum atomic E-state index is -0.489. The Balaban J connectivity index is 0.979. The fraction of sp³-hybridized carbons (Fsp3) is 0.194.